The van der Waals surface area contributed by atoms with E-state index < -0.39 is 19.9 Å². The van der Waals surface area contributed by atoms with Gasteiger partial charge in [0, 0.05) is 17.4 Å². The number of fused-ring (bicyclic) bond motifs is 1. The van der Waals surface area contributed by atoms with Gasteiger partial charge in [-0.2, -0.15) is 5.10 Å². The summed E-state index contributed by atoms with van der Waals surface area (Å²) >= 11 is 0. The lowest BCUT2D eigenvalue weighted by molar-refractivity contribution is 0.597. The third-order valence-corrected chi connectivity index (χ3v) is 6.44. The lowest BCUT2D eigenvalue weighted by atomic mass is 10.1. The fourth-order valence-electron chi connectivity index (χ4n) is 2.93. The Morgan fingerprint density at radius 2 is 1.59 bits per heavy atom. The van der Waals surface area contributed by atoms with Crippen molar-refractivity contribution in [1.82, 2.24) is 14.6 Å². The number of imidazole rings is 1. The number of hydrogen-bond donors (Lipinski definition) is 1. The predicted octanol–water partition coefficient (Wildman–Crippen LogP) is 2.11. The van der Waals surface area contributed by atoms with Gasteiger partial charge in [0.05, 0.1) is 27.4 Å². The monoisotopic (exact) mass is 428 g/mol. The van der Waals surface area contributed by atoms with Gasteiger partial charge in [-0.3, -0.25) is 0 Å². The van der Waals surface area contributed by atoms with Gasteiger partial charge >= 0.3 is 0 Å². The predicted molar refractivity (Wildman–Crippen MR) is 108 cm³/mol. The molecule has 0 saturated heterocycles. The zero-order chi connectivity index (χ0) is 20.8. The van der Waals surface area contributed by atoms with Crippen LogP contribution in [0.4, 0.5) is 0 Å². The molecule has 0 saturated carbocycles. The van der Waals surface area contributed by atoms with Gasteiger partial charge in [-0.05, 0) is 36.4 Å². The minimum absolute atomic E-state index is 0.000819. The van der Waals surface area contributed by atoms with Crippen molar-refractivity contribution < 1.29 is 16.8 Å². The maximum absolute atomic E-state index is 11.7. The first-order valence-electron chi connectivity index (χ1n) is 8.41. The highest BCUT2D eigenvalue weighted by molar-refractivity contribution is 7.90. The second-order valence-corrected chi connectivity index (χ2v) is 10.1. The van der Waals surface area contributed by atoms with Crippen LogP contribution in [0.15, 0.2) is 76.7 Å². The van der Waals surface area contributed by atoms with E-state index in [1.807, 2.05) is 0 Å². The molecular formula is C19H16N4O4S2. The molecule has 0 fully saturated rings. The van der Waals surface area contributed by atoms with Crippen molar-refractivity contribution in [2.45, 2.75) is 9.79 Å². The van der Waals surface area contributed by atoms with Crippen molar-refractivity contribution in [3.63, 3.8) is 0 Å². The summed E-state index contributed by atoms with van der Waals surface area (Å²) < 4.78 is 48.2. The molecule has 2 N–H and O–H groups in total. The van der Waals surface area contributed by atoms with Crippen LogP contribution in [0.5, 0.6) is 0 Å². The number of sulfonamides is 1. The number of benzene rings is 2. The molecule has 2 heterocycles. The van der Waals surface area contributed by atoms with E-state index in [1.54, 1.807) is 47.1 Å². The number of rotatable bonds is 4. The normalized spacial score (nSPS) is 12.3. The Morgan fingerprint density at radius 1 is 0.862 bits per heavy atom. The van der Waals surface area contributed by atoms with Gasteiger partial charge in [-0.15, -0.1) is 0 Å². The molecular weight excluding hydrogens is 412 g/mol. The zero-order valence-corrected chi connectivity index (χ0v) is 16.9. The van der Waals surface area contributed by atoms with Crippen molar-refractivity contribution in [1.29, 1.82) is 0 Å². The summed E-state index contributed by atoms with van der Waals surface area (Å²) in [6.07, 6.45) is 2.79. The average Bonchev–Trinajstić information content (AvgIpc) is 3.10. The van der Waals surface area contributed by atoms with Crippen LogP contribution in [0.1, 0.15) is 0 Å². The van der Waals surface area contributed by atoms with Crippen molar-refractivity contribution in [2.75, 3.05) is 6.26 Å². The van der Waals surface area contributed by atoms with Crippen LogP contribution < -0.4 is 5.14 Å². The fourth-order valence-corrected chi connectivity index (χ4v) is 4.12. The minimum atomic E-state index is -3.83. The van der Waals surface area contributed by atoms with Gasteiger partial charge in [0.15, 0.2) is 15.5 Å². The van der Waals surface area contributed by atoms with E-state index in [0.717, 1.165) is 11.8 Å². The second-order valence-electron chi connectivity index (χ2n) is 6.50. The van der Waals surface area contributed by atoms with Crippen LogP contribution in [0, 0.1) is 0 Å². The summed E-state index contributed by atoms with van der Waals surface area (Å²) in [6.45, 7) is 0. The topological polar surface area (TPSA) is 124 Å². The first kappa shape index (κ1) is 19.2. The van der Waals surface area contributed by atoms with E-state index in [4.69, 9.17) is 5.14 Å². The van der Waals surface area contributed by atoms with Crippen LogP contribution >= 0.6 is 0 Å². The van der Waals surface area contributed by atoms with Gasteiger partial charge in [-0.1, -0.05) is 24.3 Å². The molecule has 0 aliphatic heterocycles. The standard InChI is InChI=1S/C19H16N4O4S2/c1-28(24,25)15-7-5-13(6-8-15)18-12-21-19-10-9-17(22-23(18)19)14-3-2-4-16(11-14)29(20,26)27/h2-12H,1H3,(H2,20,26,27). The quantitative estimate of drug-likeness (QED) is 0.531. The molecule has 0 aliphatic rings. The summed E-state index contributed by atoms with van der Waals surface area (Å²) in [6, 6.07) is 16.2. The number of hydrogen-bond acceptors (Lipinski definition) is 6. The second kappa shape index (κ2) is 6.76. The van der Waals surface area contributed by atoms with Crippen LogP contribution in [-0.4, -0.2) is 37.7 Å². The zero-order valence-electron chi connectivity index (χ0n) is 15.2. The Labute approximate surface area is 167 Å². The number of primary sulfonamides is 1. The molecule has 0 spiro atoms. The Kier molecular flexibility index (Phi) is 4.49. The SMILES string of the molecule is CS(=O)(=O)c1ccc(-c2cnc3ccc(-c4cccc(S(N)(=O)=O)c4)nn23)cc1. The van der Waals surface area contributed by atoms with Gasteiger partial charge in [0.2, 0.25) is 10.0 Å². The van der Waals surface area contributed by atoms with E-state index in [9.17, 15) is 16.8 Å². The average molecular weight is 428 g/mol. The van der Waals surface area contributed by atoms with Crippen LogP contribution in [-0.2, 0) is 19.9 Å². The smallest absolute Gasteiger partial charge is 0.235 e. The van der Waals surface area contributed by atoms with Gasteiger partial charge in [-0.25, -0.2) is 31.5 Å². The Bertz CT molecular complexity index is 1440. The van der Waals surface area contributed by atoms with Gasteiger partial charge in [0.25, 0.3) is 0 Å². The molecule has 0 unspecified atom stereocenters. The molecule has 29 heavy (non-hydrogen) atoms. The molecule has 4 rings (SSSR count). The first-order valence-corrected chi connectivity index (χ1v) is 11.9. The summed E-state index contributed by atoms with van der Waals surface area (Å²) in [5, 5.41) is 9.79. The maximum Gasteiger partial charge on any atom is 0.238 e. The molecule has 2 aromatic carbocycles. The van der Waals surface area contributed by atoms with Crippen LogP contribution in [0.2, 0.25) is 0 Å². The van der Waals surface area contributed by atoms with E-state index in [2.05, 4.69) is 10.1 Å². The van der Waals surface area contributed by atoms with Crippen molar-refractivity contribution in [3.05, 3.63) is 66.9 Å². The van der Waals surface area contributed by atoms with E-state index in [-0.39, 0.29) is 9.79 Å². The molecule has 10 heteroatoms. The molecule has 0 aliphatic carbocycles. The number of sulfone groups is 1. The van der Waals surface area contributed by atoms with Crippen molar-refractivity contribution >= 4 is 25.5 Å². The third kappa shape index (κ3) is 3.77. The van der Waals surface area contributed by atoms with Gasteiger partial charge in [0.1, 0.15) is 0 Å². The number of nitrogens with two attached hydrogens (primary N) is 1. The molecule has 0 amide bonds. The lowest BCUT2D eigenvalue weighted by Gasteiger charge is -2.06. The van der Waals surface area contributed by atoms with E-state index in [0.29, 0.717) is 22.6 Å². The molecule has 2 aromatic heterocycles. The summed E-state index contributed by atoms with van der Waals surface area (Å²) in [4.78, 5) is 4.55. The van der Waals surface area contributed by atoms with Crippen molar-refractivity contribution in [2.24, 2.45) is 5.14 Å². The first-order chi connectivity index (χ1) is 13.6. The summed E-state index contributed by atoms with van der Waals surface area (Å²) in [5.41, 5.74) is 3.14. The molecule has 4 aromatic rings. The highest BCUT2D eigenvalue weighted by Crippen LogP contribution is 2.25. The molecule has 0 bridgehead atoms. The summed E-state index contributed by atoms with van der Waals surface area (Å²) in [7, 11) is -7.12. The van der Waals surface area contributed by atoms with Crippen LogP contribution in [0.25, 0.3) is 28.2 Å². The fraction of sp³-hybridized carbons (Fsp3) is 0.0526. The van der Waals surface area contributed by atoms with E-state index in [1.165, 1.54) is 24.3 Å². The maximum atomic E-state index is 11.7. The third-order valence-electron chi connectivity index (χ3n) is 4.40. The van der Waals surface area contributed by atoms with Gasteiger partial charge < -0.3 is 0 Å². The Morgan fingerprint density at radius 3 is 2.24 bits per heavy atom. The summed E-state index contributed by atoms with van der Waals surface area (Å²) in [5.74, 6) is 0. The van der Waals surface area contributed by atoms with Crippen molar-refractivity contribution in [3.8, 4) is 22.5 Å². The molecule has 148 valence electrons. The largest absolute Gasteiger partial charge is 0.238 e. The Balaban J connectivity index is 1.82. The van der Waals surface area contributed by atoms with Crippen LogP contribution in [0.3, 0.4) is 0 Å². The number of aromatic nitrogens is 3. The highest BCUT2D eigenvalue weighted by Gasteiger charge is 2.13. The highest BCUT2D eigenvalue weighted by atomic mass is 32.2. The minimum Gasteiger partial charge on any atom is -0.235 e. The number of nitrogens with zero attached hydrogens (tertiary/aromatic N) is 3. The molecule has 8 nitrogen and oxygen atoms in total. The van der Waals surface area contributed by atoms with E-state index >= 15 is 0 Å². The Hall–Kier alpha value is -3.08. The molecule has 0 atom stereocenters. The lowest BCUT2D eigenvalue weighted by Crippen LogP contribution is -2.12. The molecule has 0 radical (unpaired) electrons.